The molecule has 3 rings (SSSR count). The molecular weight excluding hydrogens is 338 g/mol. The van der Waals surface area contributed by atoms with Gasteiger partial charge in [0.2, 0.25) is 5.91 Å². The van der Waals surface area contributed by atoms with E-state index < -0.39 is 0 Å². The fourth-order valence-corrected chi connectivity index (χ4v) is 2.47. The van der Waals surface area contributed by atoms with Crippen LogP contribution in [0.2, 0.25) is 0 Å². The minimum Gasteiger partial charge on any atom is -0.352 e. The first kappa shape index (κ1) is 19.0. The molecule has 25 heavy (non-hydrogen) atoms. The maximum Gasteiger partial charge on any atom is 0.255 e. The van der Waals surface area contributed by atoms with Crippen LogP contribution in [-0.2, 0) is 11.3 Å². The van der Waals surface area contributed by atoms with Crippen molar-refractivity contribution < 1.29 is 9.59 Å². The second-order valence-corrected chi connectivity index (χ2v) is 6.09. The number of carbonyl (C=O) groups is 2. The summed E-state index contributed by atoms with van der Waals surface area (Å²) in [7, 11) is 0. The summed E-state index contributed by atoms with van der Waals surface area (Å²) in [6.45, 7) is 3.94. The van der Waals surface area contributed by atoms with Gasteiger partial charge in [0.1, 0.15) is 0 Å². The van der Waals surface area contributed by atoms with Crippen LogP contribution in [0.5, 0.6) is 0 Å². The van der Waals surface area contributed by atoms with Gasteiger partial charge in [0.05, 0.1) is 5.92 Å². The predicted molar refractivity (Wildman–Crippen MR) is 101 cm³/mol. The summed E-state index contributed by atoms with van der Waals surface area (Å²) in [6, 6.07) is 15.0. The maximum atomic E-state index is 12.3. The fraction of sp³-hybridized carbons (Fsp3) is 0.263. The van der Waals surface area contributed by atoms with Crippen LogP contribution in [0.25, 0.3) is 0 Å². The molecule has 1 aliphatic heterocycles. The summed E-state index contributed by atoms with van der Waals surface area (Å²) in [6.07, 6.45) is 0. The lowest BCUT2D eigenvalue weighted by Gasteiger charge is -2.25. The Morgan fingerprint density at radius 2 is 1.84 bits per heavy atom. The van der Waals surface area contributed by atoms with Gasteiger partial charge in [0.25, 0.3) is 5.91 Å². The van der Waals surface area contributed by atoms with Crippen molar-refractivity contribution in [2.24, 2.45) is 5.92 Å². The summed E-state index contributed by atoms with van der Waals surface area (Å²) < 4.78 is 0. The Hall–Kier alpha value is -2.37. The van der Waals surface area contributed by atoms with Crippen molar-refractivity contribution in [3.8, 4) is 0 Å². The molecule has 1 saturated heterocycles. The maximum absolute atomic E-state index is 12.3. The first-order valence-electron chi connectivity index (χ1n) is 8.07. The van der Waals surface area contributed by atoms with E-state index in [1.54, 1.807) is 12.1 Å². The van der Waals surface area contributed by atoms with Crippen molar-refractivity contribution in [3.63, 3.8) is 0 Å². The smallest absolute Gasteiger partial charge is 0.255 e. The predicted octanol–water partition coefficient (Wildman–Crippen LogP) is 2.50. The lowest BCUT2D eigenvalue weighted by Crippen LogP contribution is -2.50. The molecule has 6 heteroatoms. The van der Waals surface area contributed by atoms with Gasteiger partial charge in [-0.15, -0.1) is 12.4 Å². The molecule has 2 amide bonds. The van der Waals surface area contributed by atoms with Crippen LogP contribution in [0.4, 0.5) is 5.69 Å². The quantitative estimate of drug-likeness (QED) is 0.768. The summed E-state index contributed by atoms with van der Waals surface area (Å²) in [4.78, 5) is 24.1. The zero-order valence-electron chi connectivity index (χ0n) is 14.0. The molecule has 0 bridgehead atoms. The van der Waals surface area contributed by atoms with Crippen LogP contribution in [-0.4, -0.2) is 24.9 Å². The summed E-state index contributed by atoms with van der Waals surface area (Å²) in [5.74, 6) is 0.00833. The molecule has 0 radical (unpaired) electrons. The van der Waals surface area contributed by atoms with E-state index in [2.05, 4.69) is 16.0 Å². The number of halogens is 1. The molecule has 132 valence electrons. The van der Waals surface area contributed by atoms with Crippen LogP contribution in [0.15, 0.2) is 48.5 Å². The van der Waals surface area contributed by atoms with E-state index in [1.807, 2.05) is 43.3 Å². The number of hydrogen-bond acceptors (Lipinski definition) is 3. The Morgan fingerprint density at radius 3 is 2.48 bits per heavy atom. The third kappa shape index (κ3) is 5.05. The number of benzene rings is 2. The topological polar surface area (TPSA) is 70.2 Å². The average Bonchev–Trinajstić information content (AvgIpc) is 2.52. The third-order valence-corrected chi connectivity index (χ3v) is 4.12. The fourth-order valence-electron chi connectivity index (χ4n) is 2.47. The molecule has 5 nitrogen and oxygen atoms in total. The number of anilines is 1. The van der Waals surface area contributed by atoms with Crippen molar-refractivity contribution >= 4 is 29.9 Å². The molecular formula is C19H22ClN3O2. The Kier molecular flexibility index (Phi) is 6.56. The van der Waals surface area contributed by atoms with Crippen molar-refractivity contribution in [1.82, 2.24) is 10.6 Å². The van der Waals surface area contributed by atoms with Gasteiger partial charge in [-0.05, 0) is 36.8 Å². The monoisotopic (exact) mass is 359 g/mol. The van der Waals surface area contributed by atoms with Crippen molar-refractivity contribution in [1.29, 1.82) is 0 Å². The number of carbonyl (C=O) groups excluding carboxylic acids is 2. The minimum atomic E-state index is -0.142. The molecule has 0 spiro atoms. The van der Waals surface area contributed by atoms with Gasteiger partial charge in [-0.2, -0.15) is 0 Å². The molecule has 0 saturated carbocycles. The van der Waals surface area contributed by atoms with Crippen LogP contribution in [0, 0.1) is 12.8 Å². The van der Waals surface area contributed by atoms with Gasteiger partial charge < -0.3 is 16.0 Å². The third-order valence-electron chi connectivity index (χ3n) is 4.12. The lowest BCUT2D eigenvalue weighted by molar-refractivity contribution is -0.126. The van der Waals surface area contributed by atoms with E-state index in [0.717, 1.165) is 29.9 Å². The molecule has 2 aromatic carbocycles. The van der Waals surface area contributed by atoms with E-state index in [0.29, 0.717) is 12.1 Å². The van der Waals surface area contributed by atoms with Crippen molar-refractivity contribution in [2.45, 2.75) is 13.5 Å². The summed E-state index contributed by atoms with van der Waals surface area (Å²) in [5, 5.41) is 8.90. The van der Waals surface area contributed by atoms with Gasteiger partial charge in [0.15, 0.2) is 0 Å². The highest BCUT2D eigenvalue weighted by Crippen LogP contribution is 2.13. The van der Waals surface area contributed by atoms with Gasteiger partial charge in [-0.1, -0.05) is 29.8 Å². The number of nitrogens with one attached hydrogen (secondary N) is 3. The highest BCUT2D eigenvalue weighted by molar-refractivity contribution is 6.04. The molecule has 0 atom stereocenters. The van der Waals surface area contributed by atoms with E-state index in [4.69, 9.17) is 0 Å². The SMILES string of the molecule is Cc1ccc(C(=O)Nc2cccc(CNC(=O)C3CNC3)c2)cc1.Cl. The first-order chi connectivity index (χ1) is 11.6. The van der Waals surface area contributed by atoms with E-state index in [9.17, 15) is 9.59 Å². The second-order valence-electron chi connectivity index (χ2n) is 6.09. The highest BCUT2D eigenvalue weighted by Gasteiger charge is 2.24. The number of aryl methyl sites for hydroxylation is 1. The van der Waals surface area contributed by atoms with Crippen molar-refractivity contribution in [3.05, 3.63) is 65.2 Å². The minimum absolute atomic E-state index is 0. The van der Waals surface area contributed by atoms with Gasteiger partial charge >= 0.3 is 0 Å². The van der Waals surface area contributed by atoms with Crippen molar-refractivity contribution in [2.75, 3.05) is 18.4 Å². The lowest BCUT2D eigenvalue weighted by atomic mass is 10.0. The summed E-state index contributed by atoms with van der Waals surface area (Å²) in [5.41, 5.74) is 3.41. The van der Waals surface area contributed by atoms with E-state index in [1.165, 1.54) is 0 Å². The second kappa shape index (κ2) is 8.65. The Morgan fingerprint density at radius 1 is 1.12 bits per heavy atom. The Bertz CT molecular complexity index is 743. The van der Waals surface area contributed by atoms with E-state index in [-0.39, 0.29) is 30.1 Å². The average molecular weight is 360 g/mol. The summed E-state index contributed by atoms with van der Waals surface area (Å²) >= 11 is 0. The van der Waals surface area contributed by atoms with E-state index >= 15 is 0 Å². The van der Waals surface area contributed by atoms with Gasteiger partial charge in [0, 0.05) is 30.9 Å². The number of rotatable bonds is 5. The van der Waals surface area contributed by atoms with Crippen LogP contribution in [0.1, 0.15) is 21.5 Å². The Labute approximate surface area is 153 Å². The normalized spacial score (nSPS) is 13.3. The zero-order chi connectivity index (χ0) is 16.9. The number of amides is 2. The largest absolute Gasteiger partial charge is 0.352 e. The molecule has 0 aromatic heterocycles. The molecule has 3 N–H and O–H groups in total. The molecule has 2 aromatic rings. The number of hydrogen-bond donors (Lipinski definition) is 3. The molecule has 0 unspecified atom stereocenters. The first-order valence-corrected chi connectivity index (χ1v) is 8.07. The molecule has 0 aliphatic carbocycles. The Balaban J connectivity index is 0.00000225. The molecule has 1 fully saturated rings. The highest BCUT2D eigenvalue weighted by atomic mass is 35.5. The van der Waals surface area contributed by atoms with Gasteiger partial charge in [-0.3, -0.25) is 9.59 Å². The molecule has 1 aliphatic rings. The standard InChI is InChI=1S/C19H21N3O2.ClH/c1-13-5-7-15(8-6-13)19(24)22-17-4-2-3-14(9-17)10-21-18(23)16-11-20-12-16;/h2-9,16,20H,10-12H2,1H3,(H,21,23)(H,22,24);1H. The van der Waals surface area contributed by atoms with Crippen LogP contribution in [0.3, 0.4) is 0 Å². The van der Waals surface area contributed by atoms with Crippen LogP contribution < -0.4 is 16.0 Å². The molecule has 1 heterocycles. The van der Waals surface area contributed by atoms with Crippen LogP contribution >= 0.6 is 12.4 Å². The van der Waals surface area contributed by atoms with Gasteiger partial charge in [-0.25, -0.2) is 0 Å². The zero-order valence-corrected chi connectivity index (χ0v) is 14.9.